The van der Waals surface area contributed by atoms with Gasteiger partial charge in [-0.25, -0.2) is 0 Å². The Balaban J connectivity index is 2.19. The molecule has 0 radical (unpaired) electrons. The first kappa shape index (κ1) is 14.7. The lowest BCUT2D eigenvalue weighted by molar-refractivity contribution is 0.122. The van der Waals surface area contributed by atoms with E-state index in [4.69, 9.17) is 16.3 Å². The summed E-state index contributed by atoms with van der Waals surface area (Å²) in [6.45, 7) is 10.3. The van der Waals surface area contributed by atoms with E-state index in [1.807, 2.05) is 6.07 Å². The van der Waals surface area contributed by atoms with Crippen LogP contribution < -0.4 is 4.90 Å². The number of halogens is 1. The van der Waals surface area contributed by atoms with Crippen LogP contribution in [0.25, 0.3) is 0 Å². The van der Waals surface area contributed by atoms with Gasteiger partial charge in [0.2, 0.25) is 0 Å². The van der Waals surface area contributed by atoms with Crippen molar-refractivity contribution in [2.45, 2.75) is 33.6 Å². The maximum Gasteiger partial charge on any atom is 0.0642 e. The van der Waals surface area contributed by atoms with Gasteiger partial charge in [-0.15, -0.1) is 0 Å². The van der Waals surface area contributed by atoms with E-state index in [0.29, 0.717) is 5.41 Å². The standard InChI is InChI=1S/C16H24ClNO/c1-4-16(2,3)12-13-5-6-14(17)15(11-13)18-7-9-19-10-8-18/h5-6,11H,4,7-10,12H2,1-3H3. The van der Waals surface area contributed by atoms with Crippen molar-refractivity contribution >= 4 is 17.3 Å². The van der Waals surface area contributed by atoms with Gasteiger partial charge in [-0.05, 0) is 29.5 Å². The molecule has 106 valence electrons. The van der Waals surface area contributed by atoms with Crippen LogP contribution in [0.3, 0.4) is 0 Å². The number of nitrogens with zero attached hydrogens (tertiary/aromatic N) is 1. The Hall–Kier alpha value is -0.730. The van der Waals surface area contributed by atoms with Crippen LogP contribution in [-0.2, 0) is 11.2 Å². The van der Waals surface area contributed by atoms with Gasteiger partial charge in [0.05, 0.1) is 23.9 Å². The number of rotatable bonds is 4. The number of ether oxygens (including phenoxy) is 1. The lowest BCUT2D eigenvalue weighted by atomic mass is 9.83. The molecule has 0 unspecified atom stereocenters. The Morgan fingerprint density at radius 2 is 1.95 bits per heavy atom. The van der Waals surface area contributed by atoms with Gasteiger partial charge >= 0.3 is 0 Å². The van der Waals surface area contributed by atoms with Crippen LogP contribution in [0, 0.1) is 5.41 Å². The zero-order chi connectivity index (χ0) is 13.9. The minimum absolute atomic E-state index is 0.343. The Morgan fingerprint density at radius 3 is 2.58 bits per heavy atom. The highest BCUT2D eigenvalue weighted by Crippen LogP contribution is 2.31. The number of anilines is 1. The minimum atomic E-state index is 0.343. The molecule has 3 heteroatoms. The van der Waals surface area contributed by atoms with Crippen LogP contribution in [-0.4, -0.2) is 26.3 Å². The lowest BCUT2D eigenvalue weighted by Crippen LogP contribution is -2.36. The second kappa shape index (κ2) is 6.15. The van der Waals surface area contributed by atoms with E-state index in [1.165, 1.54) is 12.0 Å². The first-order valence-corrected chi connectivity index (χ1v) is 7.51. The fourth-order valence-electron chi connectivity index (χ4n) is 2.39. The molecule has 0 bridgehead atoms. The summed E-state index contributed by atoms with van der Waals surface area (Å²) in [7, 11) is 0. The van der Waals surface area contributed by atoms with E-state index in [1.54, 1.807) is 0 Å². The summed E-state index contributed by atoms with van der Waals surface area (Å²) >= 11 is 6.35. The molecule has 1 saturated heterocycles. The molecule has 0 amide bonds. The van der Waals surface area contributed by atoms with E-state index in [2.05, 4.69) is 37.8 Å². The van der Waals surface area contributed by atoms with E-state index >= 15 is 0 Å². The summed E-state index contributed by atoms with van der Waals surface area (Å²) in [5.74, 6) is 0. The van der Waals surface area contributed by atoms with Crippen LogP contribution in [0.15, 0.2) is 18.2 Å². The van der Waals surface area contributed by atoms with Crippen LogP contribution in [0.5, 0.6) is 0 Å². The Bertz CT molecular complexity index is 425. The molecule has 1 fully saturated rings. The van der Waals surface area contributed by atoms with Gasteiger partial charge in [-0.3, -0.25) is 0 Å². The molecule has 0 aliphatic carbocycles. The van der Waals surface area contributed by atoms with Crippen molar-refractivity contribution in [2.24, 2.45) is 5.41 Å². The summed E-state index contributed by atoms with van der Waals surface area (Å²) < 4.78 is 5.40. The Kier molecular flexibility index (Phi) is 4.75. The van der Waals surface area contributed by atoms with Crippen LogP contribution in [0.4, 0.5) is 5.69 Å². The van der Waals surface area contributed by atoms with Gasteiger partial charge in [0.25, 0.3) is 0 Å². The summed E-state index contributed by atoms with van der Waals surface area (Å²) in [5, 5.41) is 0.847. The first-order chi connectivity index (χ1) is 9.02. The van der Waals surface area contributed by atoms with Crippen molar-refractivity contribution in [2.75, 3.05) is 31.2 Å². The second-order valence-corrected chi connectivity index (χ2v) is 6.49. The molecule has 19 heavy (non-hydrogen) atoms. The molecule has 1 heterocycles. The van der Waals surface area contributed by atoms with Gasteiger partial charge < -0.3 is 9.64 Å². The fraction of sp³-hybridized carbons (Fsp3) is 0.625. The van der Waals surface area contributed by atoms with E-state index in [0.717, 1.165) is 43.4 Å². The highest BCUT2D eigenvalue weighted by atomic mass is 35.5. The third-order valence-corrected chi connectivity index (χ3v) is 4.32. The number of hydrogen-bond acceptors (Lipinski definition) is 2. The highest BCUT2D eigenvalue weighted by Gasteiger charge is 2.18. The third-order valence-electron chi connectivity index (χ3n) is 4.00. The second-order valence-electron chi connectivity index (χ2n) is 6.08. The normalized spacial score (nSPS) is 16.7. The average molecular weight is 282 g/mol. The van der Waals surface area contributed by atoms with E-state index in [9.17, 15) is 0 Å². The maximum absolute atomic E-state index is 6.35. The molecule has 1 aliphatic rings. The topological polar surface area (TPSA) is 12.5 Å². The lowest BCUT2D eigenvalue weighted by Gasteiger charge is -2.30. The molecule has 1 aliphatic heterocycles. The average Bonchev–Trinajstić information content (AvgIpc) is 2.42. The van der Waals surface area contributed by atoms with Crippen molar-refractivity contribution in [1.29, 1.82) is 0 Å². The molecule has 1 aromatic carbocycles. The molecule has 0 N–H and O–H groups in total. The van der Waals surface area contributed by atoms with Gasteiger partial charge in [-0.1, -0.05) is 44.9 Å². The quantitative estimate of drug-likeness (QED) is 0.822. The van der Waals surface area contributed by atoms with E-state index in [-0.39, 0.29) is 0 Å². The number of benzene rings is 1. The monoisotopic (exact) mass is 281 g/mol. The third kappa shape index (κ3) is 3.87. The molecule has 0 atom stereocenters. The summed E-state index contributed by atoms with van der Waals surface area (Å²) in [6, 6.07) is 6.45. The minimum Gasteiger partial charge on any atom is -0.378 e. The summed E-state index contributed by atoms with van der Waals surface area (Å²) in [4.78, 5) is 2.33. The molecule has 1 aromatic rings. The van der Waals surface area contributed by atoms with Gasteiger partial charge in [0, 0.05) is 13.1 Å². The predicted octanol–water partition coefficient (Wildman–Crippen LogP) is 4.16. The van der Waals surface area contributed by atoms with Crippen molar-refractivity contribution in [3.63, 3.8) is 0 Å². The highest BCUT2D eigenvalue weighted by molar-refractivity contribution is 6.33. The maximum atomic E-state index is 6.35. The molecule has 0 saturated carbocycles. The zero-order valence-electron chi connectivity index (χ0n) is 12.2. The molecular weight excluding hydrogens is 258 g/mol. The molecule has 0 spiro atoms. The molecule has 2 rings (SSSR count). The number of hydrogen-bond donors (Lipinski definition) is 0. The zero-order valence-corrected chi connectivity index (χ0v) is 13.0. The van der Waals surface area contributed by atoms with Crippen LogP contribution in [0.2, 0.25) is 5.02 Å². The van der Waals surface area contributed by atoms with Crippen molar-refractivity contribution in [1.82, 2.24) is 0 Å². The van der Waals surface area contributed by atoms with Crippen LogP contribution >= 0.6 is 11.6 Å². The Morgan fingerprint density at radius 1 is 1.26 bits per heavy atom. The van der Waals surface area contributed by atoms with Gasteiger partial charge in [0.15, 0.2) is 0 Å². The van der Waals surface area contributed by atoms with Crippen molar-refractivity contribution in [3.05, 3.63) is 28.8 Å². The van der Waals surface area contributed by atoms with Crippen molar-refractivity contribution in [3.8, 4) is 0 Å². The van der Waals surface area contributed by atoms with Crippen molar-refractivity contribution < 1.29 is 4.74 Å². The molecule has 0 aromatic heterocycles. The molecular formula is C16H24ClNO. The smallest absolute Gasteiger partial charge is 0.0642 e. The molecule has 2 nitrogen and oxygen atoms in total. The number of morpholine rings is 1. The SMILES string of the molecule is CCC(C)(C)Cc1ccc(Cl)c(N2CCOCC2)c1. The Labute approximate surface area is 121 Å². The van der Waals surface area contributed by atoms with Gasteiger partial charge in [-0.2, -0.15) is 0 Å². The van der Waals surface area contributed by atoms with Crippen LogP contribution in [0.1, 0.15) is 32.8 Å². The summed E-state index contributed by atoms with van der Waals surface area (Å²) in [6.07, 6.45) is 2.28. The van der Waals surface area contributed by atoms with Gasteiger partial charge in [0.1, 0.15) is 0 Å². The summed E-state index contributed by atoms with van der Waals surface area (Å²) in [5.41, 5.74) is 2.88. The van der Waals surface area contributed by atoms with E-state index < -0.39 is 0 Å². The predicted molar refractivity (Wildman–Crippen MR) is 82.3 cm³/mol. The first-order valence-electron chi connectivity index (χ1n) is 7.13. The fourth-order valence-corrected chi connectivity index (χ4v) is 2.63. The largest absolute Gasteiger partial charge is 0.378 e.